The Morgan fingerprint density at radius 3 is 2.79 bits per heavy atom. The standard InChI is InChI=1S/C12H23N5OS/c1-8(2)7-16-12-17-10(13)9(19-12)11(18)15-6-4-5-14-3/h8,14H,4-7,13H2,1-3H3,(H,15,18)(H,16,17). The van der Waals surface area contributed by atoms with Crippen molar-refractivity contribution in [3.63, 3.8) is 0 Å². The van der Waals surface area contributed by atoms with E-state index in [9.17, 15) is 4.79 Å². The number of amides is 1. The molecule has 0 bridgehead atoms. The van der Waals surface area contributed by atoms with E-state index < -0.39 is 0 Å². The average molecular weight is 285 g/mol. The van der Waals surface area contributed by atoms with E-state index in [1.807, 2.05) is 7.05 Å². The Morgan fingerprint density at radius 1 is 1.42 bits per heavy atom. The first-order valence-corrected chi connectivity index (χ1v) is 7.29. The van der Waals surface area contributed by atoms with E-state index in [1.165, 1.54) is 11.3 Å². The first kappa shape index (κ1) is 15.7. The van der Waals surface area contributed by atoms with Crippen LogP contribution in [-0.4, -0.2) is 37.6 Å². The molecule has 0 aliphatic rings. The molecular weight excluding hydrogens is 262 g/mol. The Hall–Kier alpha value is -1.34. The molecular formula is C12H23N5OS. The molecule has 6 nitrogen and oxygen atoms in total. The van der Waals surface area contributed by atoms with Crippen molar-refractivity contribution >= 4 is 28.2 Å². The average Bonchev–Trinajstić information content (AvgIpc) is 2.73. The normalized spacial score (nSPS) is 10.7. The number of nitrogens with zero attached hydrogens (tertiary/aromatic N) is 1. The summed E-state index contributed by atoms with van der Waals surface area (Å²) in [4.78, 5) is 16.6. The van der Waals surface area contributed by atoms with Crippen LogP contribution in [0.4, 0.5) is 10.9 Å². The molecule has 0 unspecified atom stereocenters. The molecule has 0 radical (unpaired) electrons. The third-order valence-corrected chi connectivity index (χ3v) is 3.44. The van der Waals surface area contributed by atoms with E-state index in [0.29, 0.717) is 28.3 Å². The monoisotopic (exact) mass is 285 g/mol. The highest BCUT2D eigenvalue weighted by Gasteiger charge is 2.15. The number of nitrogens with two attached hydrogens (primary N) is 1. The maximum Gasteiger partial charge on any atom is 0.265 e. The van der Waals surface area contributed by atoms with Crippen LogP contribution in [0.15, 0.2) is 0 Å². The smallest absolute Gasteiger partial charge is 0.265 e. The lowest BCUT2D eigenvalue weighted by Gasteiger charge is -2.04. The molecule has 0 saturated carbocycles. The lowest BCUT2D eigenvalue weighted by atomic mass is 10.2. The Balaban J connectivity index is 2.50. The summed E-state index contributed by atoms with van der Waals surface area (Å²) in [7, 11) is 1.88. The minimum atomic E-state index is -0.149. The van der Waals surface area contributed by atoms with E-state index in [-0.39, 0.29) is 5.91 Å². The van der Waals surface area contributed by atoms with E-state index in [2.05, 4.69) is 34.8 Å². The zero-order valence-electron chi connectivity index (χ0n) is 11.7. The third-order valence-electron chi connectivity index (χ3n) is 2.41. The number of thiazole rings is 1. The van der Waals surface area contributed by atoms with Gasteiger partial charge in [0.25, 0.3) is 5.91 Å². The number of carbonyl (C=O) groups excluding carboxylic acids is 1. The van der Waals surface area contributed by atoms with Gasteiger partial charge >= 0.3 is 0 Å². The van der Waals surface area contributed by atoms with Gasteiger partial charge < -0.3 is 21.7 Å². The van der Waals surface area contributed by atoms with Crippen molar-refractivity contribution in [2.24, 2.45) is 5.92 Å². The topological polar surface area (TPSA) is 92.1 Å². The summed E-state index contributed by atoms with van der Waals surface area (Å²) in [5, 5.41) is 9.74. The number of aromatic nitrogens is 1. The summed E-state index contributed by atoms with van der Waals surface area (Å²) in [5.41, 5.74) is 5.77. The lowest BCUT2D eigenvalue weighted by Crippen LogP contribution is -2.26. The van der Waals surface area contributed by atoms with E-state index in [0.717, 1.165) is 19.5 Å². The minimum absolute atomic E-state index is 0.149. The predicted molar refractivity (Wildman–Crippen MR) is 80.7 cm³/mol. The van der Waals surface area contributed by atoms with Gasteiger partial charge in [0.2, 0.25) is 0 Å². The molecule has 1 aromatic heterocycles. The van der Waals surface area contributed by atoms with Gasteiger partial charge in [-0.05, 0) is 25.9 Å². The maximum atomic E-state index is 11.9. The SMILES string of the molecule is CNCCCNC(=O)c1sc(NCC(C)C)nc1N. The van der Waals surface area contributed by atoms with E-state index in [4.69, 9.17) is 5.73 Å². The number of hydrogen-bond acceptors (Lipinski definition) is 6. The Labute approximate surface area is 118 Å². The third kappa shape index (κ3) is 5.44. The fourth-order valence-corrected chi connectivity index (χ4v) is 2.22. The van der Waals surface area contributed by atoms with Crippen LogP contribution >= 0.6 is 11.3 Å². The number of hydrogen-bond donors (Lipinski definition) is 4. The van der Waals surface area contributed by atoms with Gasteiger partial charge in [-0.1, -0.05) is 25.2 Å². The Kier molecular flexibility index (Phi) is 6.58. The number of rotatable bonds is 8. The Bertz CT molecular complexity index is 405. The van der Waals surface area contributed by atoms with Crippen LogP contribution in [0.25, 0.3) is 0 Å². The quantitative estimate of drug-likeness (QED) is 0.537. The lowest BCUT2D eigenvalue weighted by molar-refractivity contribution is 0.0958. The zero-order chi connectivity index (χ0) is 14.3. The molecule has 0 aliphatic carbocycles. The van der Waals surface area contributed by atoms with E-state index >= 15 is 0 Å². The van der Waals surface area contributed by atoms with Gasteiger partial charge in [-0.25, -0.2) is 4.98 Å². The molecule has 1 heterocycles. The van der Waals surface area contributed by atoms with Gasteiger partial charge in [-0.15, -0.1) is 0 Å². The highest BCUT2D eigenvalue weighted by atomic mass is 32.1. The van der Waals surface area contributed by atoms with Crippen LogP contribution in [0.5, 0.6) is 0 Å². The van der Waals surface area contributed by atoms with Gasteiger partial charge in [-0.2, -0.15) is 0 Å². The molecule has 7 heteroatoms. The van der Waals surface area contributed by atoms with Crippen molar-refractivity contribution in [3.05, 3.63) is 4.88 Å². The zero-order valence-corrected chi connectivity index (χ0v) is 12.6. The fourth-order valence-electron chi connectivity index (χ4n) is 1.41. The second kappa shape index (κ2) is 7.96. The molecule has 19 heavy (non-hydrogen) atoms. The number of anilines is 2. The number of carbonyl (C=O) groups is 1. The molecule has 0 fully saturated rings. The minimum Gasteiger partial charge on any atom is -0.382 e. The van der Waals surface area contributed by atoms with Crippen LogP contribution < -0.4 is 21.7 Å². The summed E-state index contributed by atoms with van der Waals surface area (Å²) < 4.78 is 0. The largest absolute Gasteiger partial charge is 0.382 e. The first-order chi connectivity index (χ1) is 9.04. The van der Waals surface area contributed by atoms with Crippen molar-refractivity contribution in [1.29, 1.82) is 0 Å². The van der Waals surface area contributed by atoms with Gasteiger partial charge in [-0.3, -0.25) is 4.79 Å². The molecule has 0 aliphatic heterocycles. The van der Waals surface area contributed by atoms with Crippen molar-refractivity contribution in [2.75, 3.05) is 37.7 Å². The summed E-state index contributed by atoms with van der Waals surface area (Å²) in [6.45, 7) is 6.54. The van der Waals surface area contributed by atoms with Crippen molar-refractivity contribution in [3.8, 4) is 0 Å². The molecule has 5 N–H and O–H groups in total. The van der Waals surface area contributed by atoms with Crippen LogP contribution in [0.1, 0.15) is 29.9 Å². The molecule has 1 amide bonds. The Morgan fingerprint density at radius 2 is 2.16 bits per heavy atom. The summed E-state index contributed by atoms with van der Waals surface area (Å²) in [5.74, 6) is 0.662. The second-order valence-electron chi connectivity index (χ2n) is 4.72. The van der Waals surface area contributed by atoms with E-state index in [1.54, 1.807) is 0 Å². The number of nitrogen functional groups attached to an aromatic ring is 1. The predicted octanol–water partition coefficient (Wildman–Crippen LogP) is 1.13. The molecule has 108 valence electrons. The van der Waals surface area contributed by atoms with Crippen LogP contribution in [0, 0.1) is 5.92 Å². The van der Waals surface area contributed by atoms with Crippen molar-refractivity contribution in [1.82, 2.24) is 15.6 Å². The van der Waals surface area contributed by atoms with Crippen LogP contribution in [0.2, 0.25) is 0 Å². The molecule has 0 spiro atoms. The van der Waals surface area contributed by atoms with Crippen LogP contribution in [-0.2, 0) is 0 Å². The molecule has 0 aromatic carbocycles. The van der Waals surface area contributed by atoms with Crippen molar-refractivity contribution < 1.29 is 4.79 Å². The fraction of sp³-hybridized carbons (Fsp3) is 0.667. The molecule has 1 rings (SSSR count). The van der Waals surface area contributed by atoms with Gasteiger partial charge in [0, 0.05) is 13.1 Å². The highest BCUT2D eigenvalue weighted by molar-refractivity contribution is 7.18. The molecule has 0 atom stereocenters. The summed E-state index contributed by atoms with van der Waals surface area (Å²) in [6, 6.07) is 0. The van der Waals surface area contributed by atoms with Crippen LogP contribution in [0.3, 0.4) is 0 Å². The first-order valence-electron chi connectivity index (χ1n) is 6.47. The maximum absolute atomic E-state index is 11.9. The summed E-state index contributed by atoms with van der Waals surface area (Å²) >= 11 is 1.30. The highest BCUT2D eigenvalue weighted by Crippen LogP contribution is 2.24. The van der Waals surface area contributed by atoms with Gasteiger partial charge in [0.05, 0.1) is 0 Å². The van der Waals surface area contributed by atoms with Crippen molar-refractivity contribution in [2.45, 2.75) is 20.3 Å². The second-order valence-corrected chi connectivity index (χ2v) is 5.72. The summed E-state index contributed by atoms with van der Waals surface area (Å²) in [6.07, 6.45) is 0.888. The number of nitrogens with one attached hydrogen (secondary N) is 3. The molecule has 0 saturated heterocycles. The van der Waals surface area contributed by atoms with Gasteiger partial charge in [0.1, 0.15) is 10.7 Å². The molecule has 1 aromatic rings. The van der Waals surface area contributed by atoms with Gasteiger partial charge in [0.15, 0.2) is 5.13 Å².